The molecule has 0 N–H and O–H groups in total. The molecule has 1 radical (unpaired) electrons. The zero-order chi connectivity index (χ0) is 18.0. The Morgan fingerprint density at radius 1 is 1.20 bits per heavy atom. The maximum absolute atomic E-state index is 12.9. The Kier molecular flexibility index (Phi) is 4.88. The number of hydrogen-bond acceptors (Lipinski definition) is 3. The molecule has 3 rings (SSSR count). The Labute approximate surface area is 150 Å². The van der Waals surface area contributed by atoms with Crippen LogP contribution >= 0.6 is 0 Å². The molecule has 0 saturated heterocycles. The molecule has 0 aliphatic carbocycles. The van der Waals surface area contributed by atoms with Crippen LogP contribution in [-0.2, 0) is 12.6 Å². The fourth-order valence-corrected chi connectivity index (χ4v) is 2.69. The lowest BCUT2D eigenvalue weighted by atomic mass is 10.3. The van der Waals surface area contributed by atoms with Crippen LogP contribution in [0.5, 0.6) is 5.88 Å². The van der Waals surface area contributed by atoms with Gasteiger partial charge in [-0.15, -0.1) is 0 Å². The van der Waals surface area contributed by atoms with Crippen molar-refractivity contribution in [2.45, 2.75) is 25.9 Å². The highest BCUT2D eigenvalue weighted by Crippen LogP contribution is 2.32. The van der Waals surface area contributed by atoms with Crippen molar-refractivity contribution in [1.29, 1.82) is 0 Å². The lowest BCUT2D eigenvalue weighted by Crippen LogP contribution is -2.07. The molecule has 1 aromatic carbocycles. The van der Waals surface area contributed by atoms with Gasteiger partial charge in [0.25, 0.3) is 0 Å². The number of nitrogens with zero attached hydrogens (tertiary/aromatic N) is 4. The average Bonchev–Trinajstić information content (AvgIpc) is 3.19. The van der Waals surface area contributed by atoms with E-state index in [-0.39, 0.29) is 11.7 Å². The van der Waals surface area contributed by atoms with E-state index in [2.05, 4.69) is 10.1 Å². The first-order chi connectivity index (χ1) is 11.9. The number of para-hydroxylation sites is 1. The lowest BCUT2D eigenvalue weighted by molar-refractivity contribution is -0.141. The highest BCUT2D eigenvalue weighted by atomic mass is 27.1. The van der Waals surface area contributed by atoms with Gasteiger partial charge in [-0.1, -0.05) is 25.1 Å². The zero-order valence-corrected chi connectivity index (χ0v) is 14.9. The molecule has 129 valence electrons. The van der Waals surface area contributed by atoms with Crippen molar-refractivity contribution in [3.8, 4) is 17.4 Å². The molecule has 0 saturated carbocycles. The summed E-state index contributed by atoms with van der Waals surface area (Å²) in [4.78, 5) is 4.47. The van der Waals surface area contributed by atoms with Crippen LogP contribution < -0.4 is 3.79 Å². The monoisotopic (exact) mass is 363 g/mol. The largest absolute Gasteiger partial charge is 0.636 e. The molecule has 5 nitrogen and oxygen atoms in total. The molecule has 0 atom stereocenters. The van der Waals surface area contributed by atoms with E-state index in [0.717, 1.165) is 45.3 Å². The number of aryl methyl sites for hydroxylation is 1. The summed E-state index contributed by atoms with van der Waals surface area (Å²) < 4.78 is 46.9. The second kappa shape index (κ2) is 6.94. The maximum Gasteiger partial charge on any atom is 0.495 e. The number of aromatic nitrogens is 4. The average molecular weight is 363 g/mol. The van der Waals surface area contributed by atoms with E-state index in [1.165, 1.54) is 0 Å². The van der Waals surface area contributed by atoms with E-state index in [4.69, 9.17) is 3.79 Å². The molecule has 0 fully saturated rings. The molecular formula is C16H15AlF3N4O. The van der Waals surface area contributed by atoms with E-state index in [1.807, 2.05) is 41.8 Å². The first-order valence-electron chi connectivity index (χ1n) is 7.67. The Morgan fingerprint density at radius 3 is 2.52 bits per heavy atom. The molecule has 0 spiro atoms. The smallest absolute Gasteiger partial charge is 0.495 e. The van der Waals surface area contributed by atoms with Gasteiger partial charge < -0.3 is 8.36 Å². The summed E-state index contributed by atoms with van der Waals surface area (Å²) >= 11 is 1.09. The predicted octanol–water partition coefficient (Wildman–Crippen LogP) is 3.22. The van der Waals surface area contributed by atoms with Crippen molar-refractivity contribution >= 4 is 16.6 Å². The number of rotatable bonds is 5. The predicted molar refractivity (Wildman–Crippen MR) is 87.5 cm³/mol. The van der Waals surface area contributed by atoms with Crippen LogP contribution in [0.15, 0.2) is 42.6 Å². The maximum atomic E-state index is 12.9. The Hall–Kier alpha value is -2.24. The zero-order valence-electron chi connectivity index (χ0n) is 13.5. The van der Waals surface area contributed by atoms with Crippen molar-refractivity contribution in [1.82, 2.24) is 19.3 Å². The van der Waals surface area contributed by atoms with Crippen LogP contribution in [0.4, 0.5) is 13.2 Å². The molecule has 25 heavy (non-hydrogen) atoms. The molecule has 0 amide bonds. The minimum atomic E-state index is -4.55. The Morgan fingerprint density at radius 2 is 1.92 bits per heavy atom. The molecule has 9 heteroatoms. The third-order valence-electron chi connectivity index (χ3n) is 3.61. The molecule has 0 bridgehead atoms. The molecule has 0 aliphatic rings. The highest BCUT2D eigenvalue weighted by molar-refractivity contribution is 5.99. The van der Waals surface area contributed by atoms with Crippen molar-refractivity contribution in [3.05, 3.63) is 54.1 Å². The lowest BCUT2D eigenvalue weighted by Gasteiger charge is -2.05. The van der Waals surface area contributed by atoms with E-state index >= 15 is 0 Å². The van der Waals surface area contributed by atoms with Gasteiger partial charge in [0.2, 0.25) is 0 Å². The van der Waals surface area contributed by atoms with Crippen LogP contribution in [-0.4, -0.2) is 36.0 Å². The van der Waals surface area contributed by atoms with Gasteiger partial charge in [-0.25, -0.2) is 4.98 Å². The van der Waals surface area contributed by atoms with E-state index in [0.29, 0.717) is 6.42 Å². The Balaban J connectivity index is 2.11. The molecule has 3 aromatic rings. The number of alkyl halides is 3. The third kappa shape index (κ3) is 3.57. The van der Waals surface area contributed by atoms with Crippen LogP contribution in [0.25, 0.3) is 11.5 Å². The third-order valence-corrected chi connectivity index (χ3v) is 3.90. The van der Waals surface area contributed by atoms with Gasteiger partial charge in [0, 0.05) is 18.2 Å². The van der Waals surface area contributed by atoms with Crippen molar-refractivity contribution in [2.75, 3.05) is 0 Å². The fraction of sp³-hybridized carbons (Fsp3) is 0.250. The van der Waals surface area contributed by atoms with Gasteiger partial charge >= 0.3 is 22.8 Å². The van der Waals surface area contributed by atoms with Gasteiger partial charge in [0.15, 0.2) is 17.4 Å². The summed E-state index contributed by atoms with van der Waals surface area (Å²) in [5.41, 5.74) is -0.130. The molecule has 2 aromatic heterocycles. The molecular weight excluding hydrogens is 348 g/mol. The van der Waals surface area contributed by atoms with Crippen molar-refractivity contribution < 1.29 is 17.0 Å². The van der Waals surface area contributed by atoms with E-state index in [1.54, 1.807) is 6.20 Å². The van der Waals surface area contributed by atoms with Crippen LogP contribution in [0.3, 0.4) is 0 Å². The quantitative estimate of drug-likeness (QED) is 0.654. The van der Waals surface area contributed by atoms with Gasteiger partial charge in [-0.2, -0.15) is 23.0 Å². The molecule has 2 heterocycles. The normalized spacial score (nSPS) is 11.7. The summed E-state index contributed by atoms with van der Waals surface area (Å²) in [6.07, 6.45) is -1.34. The van der Waals surface area contributed by atoms with Crippen LogP contribution in [0.1, 0.15) is 24.9 Å². The SMILES string of the molecule is CCCc1nc(-n2nc(C(F)(F)F)cc2[O][AlH])cn1-c1ccccc1. The number of hydrogen-bond donors (Lipinski definition) is 0. The minimum Gasteiger partial charge on any atom is -0.636 e. The molecule has 0 unspecified atom stereocenters. The van der Waals surface area contributed by atoms with E-state index in [9.17, 15) is 13.2 Å². The topological polar surface area (TPSA) is 44.9 Å². The standard InChI is InChI=1S/C16H15F3N4O.Al.H/c1-2-6-13-20-14(10-22(13)11-7-4-3-5-8-11)23-15(24)9-12(21-23)16(17,18)19;;/h3-5,7-10,24H,2,6H2,1H3;;/q;+1;/p-1. The number of halogens is 3. The summed E-state index contributed by atoms with van der Waals surface area (Å²) in [6.45, 7) is 2.01. The second-order valence-electron chi connectivity index (χ2n) is 5.39. The van der Waals surface area contributed by atoms with Crippen LogP contribution in [0.2, 0.25) is 0 Å². The van der Waals surface area contributed by atoms with Gasteiger partial charge in [0.05, 0.1) is 6.20 Å². The van der Waals surface area contributed by atoms with Gasteiger partial charge in [0.1, 0.15) is 5.82 Å². The summed E-state index contributed by atoms with van der Waals surface area (Å²) in [7, 11) is 0. The first kappa shape index (κ1) is 17.6. The molecule has 0 aliphatic heterocycles. The Bertz CT molecular complexity index is 858. The fourth-order valence-electron chi connectivity index (χ4n) is 2.49. The highest BCUT2D eigenvalue weighted by Gasteiger charge is 2.35. The van der Waals surface area contributed by atoms with Gasteiger partial charge in [-0.05, 0) is 18.6 Å². The van der Waals surface area contributed by atoms with Crippen molar-refractivity contribution in [2.24, 2.45) is 0 Å². The summed E-state index contributed by atoms with van der Waals surface area (Å²) in [5, 5.41) is 3.63. The van der Waals surface area contributed by atoms with Gasteiger partial charge in [-0.3, -0.25) is 0 Å². The van der Waals surface area contributed by atoms with Crippen LogP contribution in [0, 0.1) is 0 Å². The minimum absolute atomic E-state index is 0.00795. The van der Waals surface area contributed by atoms with E-state index < -0.39 is 11.9 Å². The van der Waals surface area contributed by atoms with Crippen molar-refractivity contribution in [3.63, 3.8) is 0 Å². The first-order valence-corrected chi connectivity index (χ1v) is 8.25. The summed E-state index contributed by atoms with van der Waals surface area (Å²) in [5.74, 6) is 1.02. The second-order valence-corrected chi connectivity index (χ2v) is 5.68. The summed E-state index contributed by atoms with van der Waals surface area (Å²) in [6, 6.07) is 10.4. The number of benzene rings is 1. The number of imidazole rings is 1.